The number of carboxylic acid groups (broad SMARTS) is 1. The number of carboxylic acids is 1. The lowest BCUT2D eigenvalue weighted by Crippen LogP contribution is -2.03. The maximum absolute atomic E-state index is 9.00. The molecule has 0 aliphatic carbocycles. The van der Waals surface area contributed by atoms with E-state index >= 15 is 0 Å². The fourth-order valence-electron chi connectivity index (χ4n) is 0.231. The van der Waals surface area contributed by atoms with Crippen LogP contribution in [-0.2, 0) is 14.3 Å². The van der Waals surface area contributed by atoms with Crippen molar-refractivity contribution in [3.63, 3.8) is 0 Å². The summed E-state index contributed by atoms with van der Waals surface area (Å²) >= 11 is 0. The van der Waals surface area contributed by atoms with Crippen LogP contribution < -0.4 is 0 Å². The van der Waals surface area contributed by atoms with Gasteiger partial charge in [-0.3, -0.25) is 4.79 Å². The molecule has 0 spiro atoms. The first-order valence-corrected chi connectivity index (χ1v) is 5.51. The van der Waals surface area contributed by atoms with Crippen molar-refractivity contribution in [1.29, 1.82) is 0 Å². The zero-order chi connectivity index (χ0) is 16.1. The molecule has 8 heteroatoms. The minimum Gasteiger partial charge on any atom is -0.481 e. The predicted octanol–water partition coefficient (Wildman–Crippen LogP) is -1.30. The summed E-state index contributed by atoms with van der Waals surface area (Å²) in [4.78, 5) is 9.00. The molecule has 0 bridgehead atoms. The van der Waals surface area contributed by atoms with Gasteiger partial charge in [0.15, 0.2) is 0 Å². The first-order chi connectivity index (χ1) is 8.83. The van der Waals surface area contributed by atoms with E-state index in [4.69, 9.17) is 30.3 Å². The number of aliphatic carboxylic acids is 1. The largest absolute Gasteiger partial charge is 0.481 e. The lowest BCUT2D eigenvalue weighted by atomic mass is 10.5. The summed E-state index contributed by atoms with van der Waals surface area (Å²) < 4.78 is 8.88. The third-order valence-electron chi connectivity index (χ3n) is 0.735. The normalized spacial score (nSPS) is 9.68. The van der Waals surface area contributed by atoms with Crippen molar-refractivity contribution in [1.82, 2.24) is 0 Å². The third kappa shape index (κ3) is 146. The molecule has 19 heavy (non-hydrogen) atoms. The minimum atomic E-state index is -0.833. The molecular weight excluding hydrogens is 260 g/mol. The van der Waals surface area contributed by atoms with Crippen molar-refractivity contribution in [2.75, 3.05) is 47.3 Å². The summed E-state index contributed by atoms with van der Waals surface area (Å²) in [5, 5.41) is 39.6. The van der Waals surface area contributed by atoms with Crippen molar-refractivity contribution in [3.05, 3.63) is 0 Å². The predicted molar refractivity (Wildman–Crippen MR) is 70.0 cm³/mol. The van der Waals surface area contributed by atoms with Gasteiger partial charge in [-0.2, -0.15) is 0 Å². The van der Waals surface area contributed by atoms with E-state index in [9.17, 15) is 0 Å². The van der Waals surface area contributed by atoms with Crippen LogP contribution in [0, 0.1) is 0 Å². The van der Waals surface area contributed by atoms with Crippen LogP contribution in [0.5, 0.6) is 0 Å². The van der Waals surface area contributed by atoms with E-state index in [0.717, 1.165) is 6.92 Å². The van der Waals surface area contributed by atoms with Gasteiger partial charge in [-0.05, 0) is 6.92 Å². The van der Waals surface area contributed by atoms with Crippen molar-refractivity contribution in [2.24, 2.45) is 0 Å². The summed E-state index contributed by atoms with van der Waals surface area (Å²) in [5.74, 6) is -0.833. The maximum atomic E-state index is 9.00. The minimum absolute atomic E-state index is 0.0278. The summed E-state index contributed by atoms with van der Waals surface area (Å²) in [6, 6.07) is 0. The number of rotatable bonds is 5. The van der Waals surface area contributed by atoms with Gasteiger partial charge in [0, 0.05) is 21.1 Å². The van der Waals surface area contributed by atoms with Crippen LogP contribution in [0.15, 0.2) is 0 Å². The summed E-state index contributed by atoms with van der Waals surface area (Å²) in [6.45, 7) is 3.17. The zero-order valence-corrected chi connectivity index (χ0v) is 12.1. The second kappa shape index (κ2) is 30.3. The van der Waals surface area contributed by atoms with Gasteiger partial charge in [0.25, 0.3) is 5.97 Å². The Morgan fingerprint density at radius 1 is 1.11 bits per heavy atom. The van der Waals surface area contributed by atoms with Crippen LogP contribution in [0.1, 0.15) is 13.8 Å². The van der Waals surface area contributed by atoms with E-state index < -0.39 is 12.1 Å². The van der Waals surface area contributed by atoms with Crippen molar-refractivity contribution in [2.45, 2.75) is 20.0 Å². The highest BCUT2D eigenvalue weighted by atomic mass is 16.5. The van der Waals surface area contributed by atoms with Crippen LogP contribution >= 0.6 is 0 Å². The molecule has 0 aromatic carbocycles. The molecule has 1 atom stereocenters. The van der Waals surface area contributed by atoms with Gasteiger partial charge in [0.2, 0.25) is 0 Å². The van der Waals surface area contributed by atoms with Crippen LogP contribution in [0.4, 0.5) is 0 Å². The molecule has 0 rings (SSSR count). The molecule has 0 radical (unpaired) electrons. The van der Waals surface area contributed by atoms with E-state index in [0.29, 0.717) is 13.2 Å². The highest BCUT2D eigenvalue weighted by molar-refractivity contribution is 5.62. The molecule has 0 aliphatic rings. The molecule has 0 aromatic heterocycles. The second-order valence-corrected chi connectivity index (χ2v) is 3.02. The molecule has 0 amide bonds. The summed E-state index contributed by atoms with van der Waals surface area (Å²) in [5.41, 5.74) is 0. The van der Waals surface area contributed by atoms with E-state index in [1.165, 1.54) is 6.92 Å². The van der Waals surface area contributed by atoms with Gasteiger partial charge in [-0.15, -0.1) is 0 Å². The molecule has 0 fully saturated rings. The molecule has 5 N–H and O–H groups in total. The lowest BCUT2D eigenvalue weighted by molar-refractivity contribution is -0.134. The van der Waals surface area contributed by atoms with Crippen molar-refractivity contribution in [3.8, 4) is 0 Å². The first-order valence-electron chi connectivity index (χ1n) is 5.51. The van der Waals surface area contributed by atoms with Crippen LogP contribution in [-0.4, -0.2) is 84.9 Å². The fraction of sp³-hybridized carbons (Fsp3) is 0.909. The molecule has 8 nitrogen and oxygen atoms in total. The van der Waals surface area contributed by atoms with Crippen LogP contribution in [0.2, 0.25) is 0 Å². The molecule has 0 saturated heterocycles. The molecule has 1 unspecified atom stereocenters. The quantitative estimate of drug-likeness (QED) is 0.394. The molecule has 120 valence electrons. The number of hydrogen-bond acceptors (Lipinski definition) is 7. The Hall–Kier alpha value is -0.770. The smallest absolute Gasteiger partial charge is 0.300 e. The zero-order valence-electron chi connectivity index (χ0n) is 12.1. The Morgan fingerprint density at radius 2 is 1.32 bits per heavy atom. The topological polar surface area (TPSA) is 137 Å². The Kier molecular flexibility index (Phi) is 42.7. The first kappa shape index (κ1) is 26.7. The molecule has 0 aliphatic heterocycles. The van der Waals surface area contributed by atoms with E-state index in [-0.39, 0.29) is 19.8 Å². The Morgan fingerprint density at radius 3 is 1.42 bits per heavy atom. The van der Waals surface area contributed by atoms with Gasteiger partial charge in [0.05, 0.1) is 39.1 Å². The molecule has 0 heterocycles. The Bertz CT molecular complexity index is 133. The highest BCUT2D eigenvalue weighted by Crippen LogP contribution is 1.69. The summed E-state index contributed by atoms with van der Waals surface area (Å²) in [6.07, 6.45) is -0.560. The van der Waals surface area contributed by atoms with E-state index in [2.05, 4.69) is 9.47 Å². The van der Waals surface area contributed by atoms with E-state index in [1.807, 2.05) is 0 Å². The number of ether oxygens (including phenoxy) is 2. The Labute approximate surface area is 114 Å². The van der Waals surface area contributed by atoms with Crippen molar-refractivity contribution >= 4 is 5.97 Å². The maximum Gasteiger partial charge on any atom is 0.300 e. The summed E-state index contributed by atoms with van der Waals surface area (Å²) in [7, 11) is 3.25. The average Bonchev–Trinajstić information content (AvgIpc) is 2.31. The number of aliphatic hydroxyl groups is 4. The van der Waals surface area contributed by atoms with Gasteiger partial charge in [-0.1, -0.05) is 0 Å². The number of aliphatic hydroxyl groups excluding tert-OH is 4. The number of hydrogen-bond donors (Lipinski definition) is 5. The second-order valence-electron chi connectivity index (χ2n) is 3.02. The highest BCUT2D eigenvalue weighted by Gasteiger charge is 1.83. The van der Waals surface area contributed by atoms with Gasteiger partial charge < -0.3 is 35.0 Å². The third-order valence-corrected chi connectivity index (χ3v) is 0.735. The van der Waals surface area contributed by atoms with Gasteiger partial charge in [-0.25, -0.2) is 0 Å². The average molecular weight is 288 g/mol. The lowest BCUT2D eigenvalue weighted by Gasteiger charge is -1.94. The molecule has 0 aromatic rings. The fourth-order valence-corrected chi connectivity index (χ4v) is 0.231. The standard InChI is InChI=1S/C4H10O3.C3H8O2.C2H4O2.C2H6O/c5-1-3-7-4-2-6;1-3(5)2-4;1-2(3)4;1-3-2/h5-6H,1-4H2;3-5H,2H2,1H3;1H3,(H,3,4);1-2H3. The van der Waals surface area contributed by atoms with Gasteiger partial charge >= 0.3 is 0 Å². The molecular formula is C11H28O8. The van der Waals surface area contributed by atoms with Gasteiger partial charge in [0.1, 0.15) is 0 Å². The number of methoxy groups -OCH3 is 1. The number of carbonyl (C=O) groups is 1. The van der Waals surface area contributed by atoms with Crippen LogP contribution in [0.3, 0.4) is 0 Å². The SMILES string of the molecule is CC(=O)O.CC(O)CO.COC.OCCOCCO. The van der Waals surface area contributed by atoms with Crippen molar-refractivity contribution < 1.29 is 39.8 Å². The Balaban J connectivity index is -0.0000000833. The molecule has 0 saturated carbocycles. The monoisotopic (exact) mass is 288 g/mol. The van der Waals surface area contributed by atoms with Crippen LogP contribution in [0.25, 0.3) is 0 Å². The van der Waals surface area contributed by atoms with E-state index in [1.54, 1.807) is 14.2 Å².